The second kappa shape index (κ2) is 7.04. The van der Waals surface area contributed by atoms with Crippen LogP contribution in [0.1, 0.15) is 36.5 Å². The number of hydrogen-bond acceptors (Lipinski definition) is 6. The fourth-order valence-electron chi connectivity index (χ4n) is 5.04. The molecule has 0 aromatic heterocycles. The molecule has 0 radical (unpaired) electrons. The standard InChI is InChI=1S/C21H23NO6/c1-11(21(26)28-10-16(23)12-5-7-15(27-2)8-6-12)22-19(24)17-13-3-4-14(9-13)18(17)20(22)25/h5-8,11,13-14,17-18H,3-4,9-10H2,1-2H3/t11-,13-,14+,17-,18-/m0/s1. The van der Waals surface area contributed by atoms with Gasteiger partial charge in [-0.1, -0.05) is 0 Å². The molecule has 0 N–H and O–H groups in total. The van der Waals surface area contributed by atoms with Gasteiger partial charge < -0.3 is 9.47 Å². The molecule has 7 nitrogen and oxygen atoms in total. The molecule has 0 spiro atoms. The monoisotopic (exact) mass is 385 g/mol. The molecule has 1 aliphatic heterocycles. The molecule has 148 valence electrons. The van der Waals surface area contributed by atoms with Crippen molar-refractivity contribution in [3.8, 4) is 5.75 Å². The van der Waals surface area contributed by atoms with Gasteiger partial charge in [0.1, 0.15) is 11.8 Å². The van der Waals surface area contributed by atoms with Crippen molar-refractivity contribution in [1.82, 2.24) is 4.90 Å². The zero-order valence-electron chi connectivity index (χ0n) is 15.9. The Bertz CT molecular complexity index is 804. The summed E-state index contributed by atoms with van der Waals surface area (Å²) >= 11 is 0. The molecule has 3 aliphatic rings. The van der Waals surface area contributed by atoms with Gasteiger partial charge in [-0.3, -0.25) is 19.3 Å². The molecule has 7 heteroatoms. The lowest BCUT2D eigenvalue weighted by Crippen LogP contribution is -2.45. The zero-order chi connectivity index (χ0) is 20.0. The number of carbonyl (C=O) groups is 4. The Morgan fingerprint density at radius 1 is 1.07 bits per heavy atom. The van der Waals surface area contributed by atoms with Gasteiger partial charge in [-0.05, 0) is 62.3 Å². The van der Waals surface area contributed by atoms with Gasteiger partial charge in [0.25, 0.3) is 0 Å². The summed E-state index contributed by atoms with van der Waals surface area (Å²) < 4.78 is 10.2. The summed E-state index contributed by atoms with van der Waals surface area (Å²) in [4.78, 5) is 51.2. The Morgan fingerprint density at radius 2 is 1.64 bits per heavy atom. The number of rotatable bonds is 6. The SMILES string of the molecule is COc1ccc(C(=O)COC(=O)[C@H](C)N2C(=O)[C@H]3[C@@H]4CC[C@@H](C4)[C@@H]3C2=O)cc1. The number of imide groups is 1. The van der Waals surface area contributed by atoms with Gasteiger partial charge in [0, 0.05) is 5.56 Å². The number of ether oxygens (including phenoxy) is 2. The van der Waals surface area contributed by atoms with Crippen LogP contribution in [0.2, 0.25) is 0 Å². The number of hydrogen-bond donors (Lipinski definition) is 0. The van der Waals surface area contributed by atoms with Gasteiger partial charge in [0.15, 0.2) is 12.4 Å². The highest BCUT2D eigenvalue weighted by molar-refractivity contribution is 6.08. The molecule has 4 rings (SSSR count). The van der Waals surface area contributed by atoms with Crippen molar-refractivity contribution in [2.75, 3.05) is 13.7 Å². The Labute approximate surface area is 163 Å². The van der Waals surface area contributed by atoms with Gasteiger partial charge >= 0.3 is 5.97 Å². The number of carbonyl (C=O) groups excluding carboxylic acids is 4. The molecule has 1 saturated heterocycles. The number of likely N-dealkylation sites (tertiary alicyclic amines) is 1. The van der Waals surface area contributed by atoms with E-state index in [9.17, 15) is 19.2 Å². The molecule has 2 amide bonds. The average molecular weight is 385 g/mol. The second-order valence-corrected chi connectivity index (χ2v) is 7.87. The highest BCUT2D eigenvalue weighted by atomic mass is 16.5. The van der Waals surface area contributed by atoms with Crippen molar-refractivity contribution in [1.29, 1.82) is 0 Å². The Hall–Kier alpha value is -2.70. The van der Waals surface area contributed by atoms with Crippen LogP contribution < -0.4 is 4.74 Å². The highest BCUT2D eigenvalue weighted by Gasteiger charge is 2.62. The number of Topliss-reactive ketones (excluding diaryl/α,β-unsaturated/α-hetero) is 1. The smallest absolute Gasteiger partial charge is 0.329 e. The number of nitrogens with zero attached hydrogens (tertiary/aromatic N) is 1. The van der Waals surface area contributed by atoms with Crippen LogP contribution in [0.5, 0.6) is 5.75 Å². The molecule has 28 heavy (non-hydrogen) atoms. The molecule has 1 aromatic rings. The first-order chi connectivity index (χ1) is 13.4. The summed E-state index contributed by atoms with van der Waals surface area (Å²) in [6.45, 7) is 1.04. The van der Waals surface area contributed by atoms with Crippen molar-refractivity contribution in [3.63, 3.8) is 0 Å². The van der Waals surface area contributed by atoms with Crippen molar-refractivity contribution in [2.24, 2.45) is 23.7 Å². The van der Waals surface area contributed by atoms with Crippen LogP contribution >= 0.6 is 0 Å². The van der Waals surface area contributed by atoms with Crippen LogP contribution in [-0.2, 0) is 19.1 Å². The van der Waals surface area contributed by atoms with E-state index in [4.69, 9.17) is 9.47 Å². The number of benzene rings is 1. The van der Waals surface area contributed by atoms with Gasteiger partial charge in [-0.15, -0.1) is 0 Å². The van der Waals surface area contributed by atoms with Crippen LogP contribution in [0.25, 0.3) is 0 Å². The molecule has 5 atom stereocenters. The van der Waals surface area contributed by atoms with Crippen molar-refractivity contribution >= 4 is 23.6 Å². The lowest BCUT2D eigenvalue weighted by molar-refractivity contribution is -0.157. The van der Waals surface area contributed by atoms with Crippen LogP contribution in [0, 0.1) is 23.7 Å². The summed E-state index contributed by atoms with van der Waals surface area (Å²) in [5.74, 6) is -1.03. The fourth-order valence-corrected chi connectivity index (χ4v) is 5.04. The summed E-state index contributed by atoms with van der Waals surface area (Å²) in [5, 5.41) is 0. The van der Waals surface area contributed by atoms with E-state index in [1.807, 2.05) is 0 Å². The largest absolute Gasteiger partial charge is 0.497 e. The minimum atomic E-state index is -1.02. The van der Waals surface area contributed by atoms with Crippen molar-refractivity contribution in [2.45, 2.75) is 32.2 Å². The quantitative estimate of drug-likeness (QED) is 0.422. The van der Waals surface area contributed by atoms with Gasteiger partial charge in [0.05, 0.1) is 18.9 Å². The molecule has 3 fully saturated rings. The second-order valence-electron chi connectivity index (χ2n) is 7.87. The maximum Gasteiger partial charge on any atom is 0.329 e. The molecule has 2 saturated carbocycles. The Kier molecular flexibility index (Phi) is 4.69. The zero-order valence-corrected chi connectivity index (χ0v) is 15.9. The van der Waals surface area contributed by atoms with E-state index in [2.05, 4.69) is 0 Å². The summed E-state index contributed by atoms with van der Waals surface area (Å²) in [6.07, 6.45) is 2.90. The topological polar surface area (TPSA) is 90.0 Å². The number of amides is 2. The van der Waals surface area contributed by atoms with Gasteiger partial charge in [-0.2, -0.15) is 0 Å². The van der Waals surface area contributed by atoms with E-state index in [0.29, 0.717) is 11.3 Å². The van der Waals surface area contributed by atoms with Crippen LogP contribution in [-0.4, -0.2) is 48.2 Å². The molecule has 1 heterocycles. The summed E-state index contributed by atoms with van der Waals surface area (Å²) in [7, 11) is 1.53. The van der Waals surface area contributed by atoms with Crippen LogP contribution in [0.3, 0.4) is 0 Å². The Balaban J connectivity index is 1.37. The minimum Gasteiger partial charge on any atom is -0.497 e. The maximum atomic E-state index is 12.8. The lowest BCUT2D eigenvalue weighted by Gasteiger charge is -2.22. The number of fused-ring (bicyclic) bond motifs is 5. The number of ketones is 1. The molecule has 2 aliphatic carbocycles. The van der Waals surface area contributed by atoms with E-state index < -0.39 is 18.6 Å². The number of methoxy groups -OCH3 is 1. The molecule has 0 unspecified atom stereocenters. The first kappa shape index (κ1) is 18.7. The fraction of sp³-hybridized carbons (Fsp3) is 0.524. The third-order valence-electron chi connectivity index (χ3n) is 6.45. The predicted octanol–water partition coefficient (Wildman–Crippen LogP) is 1.84. The lowest BCUT2D eigenvalue weighted by atomic mass is 9.81. The van der Waals surface area contributed by atoms with E-state index in [0.717, 1.165) is 24.2 Å². The normalized spacial score (nSPS) is 29.0. The first-order valence-electron chi connectivity index (χ1n) is 9.63. The summed E-state index contributed by atoms with van der Waals surface area (Å²) in [6, 6.07) is 5.44. The molecule has 2 bridgehead atoms. The van der Waals surface area contributed by atoms with Gasteiger partial charge in [0.2, 0.25) is 11.8 Å². The third kappa shape index (κ3) is 2.89. The van der Waals surface area contributed by atoms with Crippen molar-refractivity contribution < 1.29 is 28.7 Å². The molecule has 1 aromatic carbocycles. The Morgan fingerprint density at radius 3 is 2.18 bits per heavy atom. The minimum absolute atomic E-state index is 0.256. The van der Waals surface area contributed by atoms with E-state index in [-0.39, 0.29) is 41.3 Å². The molecular formula is C21H23NO6. The predicted molar refractivity (Wildman–Crippen MR) is 97.4 cm³/mol. The average Bonchev–Trinajstić information content (AvgIpc) is 3.39. The highest BCUT2D eigenvalue weighted by Crippen LogP contribution is 2.56. The molecular weight excluding hydrogens is 362 g/mol. The van der Waals surface area contributed by atoms with E-state index >= 15 is 0 Å². The maximum absolute atomic E-state index is 12.8. The van der Waals surface area contributed by atoms with Crippen LogP contribution in [0.4, 0.5) is 0 Å². The van der Waals surface area contributed by atoms with Gasteiger partial charge in [-0.25, -0.2) is 4.79 Å². The van der Waals surface area contributed by atoms with Crippen LogP contribution in [0.15, 0.2) is 24.3 Å². The number of esters is 1. The van der Waals surface area contributed by atoms with E-state index in [1.54, 1.807) is 24.3 Å². The van der Waals surface area contributed by atoms with Crippen molar-refractivity contribution in [3.05, 3.63) is 29.8 Å². The summed E-state index contributed by atoms with van der Waals surface area (Å²) in [5.41, 5.74) is 0.390. The third-order valence-corrected chi connectivity index (χ3v) is 6.45. The van der Waals surface area contributed by atoms with E-state index in [1.165, 1.54) is 14.0 Å². The first-order valence-corrected chi connectivity index (χ1v) is 9.63.